The first-order valence-electron chi connectivity index (χ1n) is 19.3. The largest absolute Gasteiger partial charge is 0.488 e. The Balaban J connectivity index is 1.39. The number of aromatic nitrogens is 2. The van der Waals surface area contributed by atoms with Crippen molar-refractivity contribution in [1.29, 1.82) is 0 Å². The Morgan fingerprint density at radius 3 is 2.24 bits per heavy atom. The number of benzene rings is 1. The highest BCUT2D eigenvalue weighted by molar-refractivity contribution is 6.38. The van der Waals surface area contributed by atoms with Gasteiger partial charge >= 0.3 is 0 Å². The van der Waals surface area contributed by atoms with Gasteiger partial charge in [0.2, 0.25) is 23.5 Å². The molecule has 2 aliphatic carbocycles. The lowest BCUT2D eigenvalue weighted by atomic mass is 9.82. The highest BCUT2D eigenvalue weighted by Gasteiger charge is 2.47. The number of rotatable bonds is 15. The number of carbonyl (C=O) groups excluding carboxylic acids is 6. The minimum absolute atomic E-state index is 0.0235. The lowest BCUT2D eigenvalue weighted by Gasteiger charge is -2.37. The number of amides is 5. The van der Waals surface area contributed by atoms with Crippen LogP contribution in [0.4, 0.5) is 0 Å². The van der Waals surface area contributed by atoms with Crippen molar-refractivity contribution in [2.75, 3.05) is 6.54 Å². The van der Waals surface area contributed by atoms with Crippen LogP contribution in [0.25, 0.3) is 0 Å². The van der Waals surface area contributed by atoms with Crippen LogP contribution in [0.3, 0.4) is 0 Å². The summed E-state index contributed by atoms with van der Waals surface area (Å²) in [4.78, 5) is 91.8. The van der Waals surface area contributed by atoms with Crippen LogP contribution in [0.1, 0.15) is 108 Å². The number of carbonyl (C=O) groups is 6. The third-order valence-corrected chi connectivity index (χ3v) is 10.4. The monoisotopic (exact) mass is 745 g/mol. The van der Waals surface area contributed by atoms with Crippen LogP contribution in [0, 0.1) is 18.3 Å². The van der Waals surface area contributed by atoms with E-state index in [9.17, 15) is 28.8 Å². The van der Waals surface area contributed by atoms with Crippen LogP contribution in [0.5, 0.6) is 5.75 Å². The van der Waals surface area contributed by atoms with Gasteiger partial charge in [0.15, 0.2) is 0 Å². The number of nitrogens with one attached hydrogen (secondary N) is 4. The Hall–Kier alpha value is -4.88. The maximum Gasteiger partial charge on any atom is 0.289 e. The molecule has 1 aliphatic heterocycles. The van der Waals surface area contributed by atoms with E-state index in [0.29, 0.717) is 12.2 Å². The molecule has 2 heterocycles. The molecule has 54 heavy (non-hydrogen) atoms. The number of aryl methyl sites for hydroxylation is 1. The first-order valence-corrected chi connectivity index (χ1v) is 19.3. The number of Topliss-reactive ketones (excluding diaryl/α,β-unsaturated/α-hetero) is 1. The van der Waals surface area contributed by atoms with Crippen LogP contribution < -0.4 is 26.0 Å². The molecule has 4 N–H and O–H groups in total. The summed E-state index contributed by atoms with van der Waals surface area (Å²) in [5.74, 6) is -3.17. The molecule has 2 saturated carbocycles. The van der Waals surface area contributed by atoms with Crippen molar-refractivity contribution < 1.29 is 33.5 Å². The van der Waals surface area contributed by atoms with Crippen molar-refractivity contribution >= 4 is 35.3 Å². The highest BCUT2D eigenvalue weighted by atomic mass is 16.5. The maximum absolute atomic E-state index is 14.7. The second kappa shape index (κ2) is 18.0. The van der Waals surface area contributed by atoms with Crippen molar-refractivity contribution in [3.8, 4) is 5.75 Å². The lowest BCUT2D eigenvalue weighted by Crippen LogP contribution is -2.62. The number of hydrogen-bond donors (Lipinski definition) is 4. The summed E-state index contributed by atoms with van der Waals surface area (Å²) in [6, 6.07) is 3.27. The smallest absolute Gasteiger partial charge is 0.289 e. The molecule has 1 aromatic carbocycles. The zero-order valence-electron chi connectivity index (χ0n) is 32.1. The summed E-state index contributed by atoms with van der Waals surface area (Å²) < 4.78 is 6.28. The molecule has 5 atom stereocenters. The third kappa shape index (κ3) is 10.6. The predicted octanol–water partition coefficient (Wildman–Crippen LogP) is 3.18. The van der Waals surface area contributed by atoms with E-state index >= 15 is 0 Å². The Morgan fingerprint density at radius 1 is 0.926 bits per heavy atom. The number of likely N-dealkylation sites (tertiary alicyclic amines) is 1. The van der Waals surface area contributed by atoms with E-state index in [1.165, 1.54) is 23.5 Å². The molecular formula is C40H55N7O7. The number of nitrogens with zero attached hydrogens (tertiary/aromatic N) is 3. The summed E-state index contributed by atoms with van der Waals surface area (Å²) in [6.07, 6.45) is 10.5. The Morgan fingerprint density at radius 2 is 1.63 bits per heavy atom. The van der Waals surface area contributed by atoms with E-state index < -0.39 is 71.0 Å². The van der Waals surface area contributed by atoms with Gasteiger partial charge in [0.1, 0.15) is 35.7 Å². The fourth-order valence-electron chi connectivity index (χ4n) is 7.20. The fourth-order valence-corrected chi connectivity index (χ4v) is 7.20. The zero-order chi connectivity index (χ0) is 39.0. The van der Waals surface area contributed by atoms with Gasteiger partial charge in [-0.2, -0.15) is 0 Å². The molecular weight excluding hydrogens is 690 g/mol. The Labute approximate surface area is 317 Å². The molecule has 0 bridgehead atoms. The number of ether oxygens (including phenoxy) is 1. The standard InChI is InChI=1S/C40H55N7O7/c1-6-10-29(33(48)38(52)43-26-15-16-26)44-36(50)31-21-28(54-27-17-13-24(2)14-18-27)23-47(31)39(53)34(40(3,4)5)46-37(51)32(25-11-8-7-9-12-25)45-35(49)30-22-41-19-20-42-30/h13-14,17-20,22,25-26,28-29,31-32,34H,6-12,15-16,21,23H2,1-5H3,(H,43,52)(H,44,50)(H,45,49)(H,46,51)/t28-,29+,31+,32+,34-/m1/s1. The molecule has 1 aromatic heterocycles. The Kier molecular flexibility index (Phi) is 13.4. The van der Waals surface area contributed by atoms with Crippen molar-refractivity contribution in [2.45, 2.75) is 135 Å². The van der Waals surface area contributed by atoms with Crippen molar-refractivity contribution in [3.63, 3.8) is 0 Å². The van der Waals surface area contributed by atoms with Crippen molar-refractivity contribution in [3.05, 3.63) is 54.1 Å². The van der Waals surface area contributed by atoms with Crippen molar-refractivity contribution in [1.82, 2.24) is 36.1 Å². The first-order chi connectivity index (χ1) is 25.7. The third-order valence-electron chi connectivity index (χ3n) is 10.4. The van der Waals surface area contributed by atoms with E-state index in [1.807, 2.05) is 58.9 Å². The zero-order valence-corrected chi connectivity index (χ0v) is 32.1. The van der Waals surface area contributed by atoms with Gasteiger partial charge in [-0.15, -0.1) is 0 Å². The van der Waals surface area contributed by atoms with Gasteiger partial charge in [-0.25, -0.2) is 4.98 Å². The fraction of sp³-hybridized carbons (Fsp3) is 0.600. The highest BCUT2D eigenvalue weighted by Crippen LogP contribution is 2.31. The van der Waals surface area contributed by atoms with Gasteiger partial charge in [-0.1, -0.05) is 71.1 Å². The second-order valence-corrected chi connectivity index (χ2v) is 16.0. The Bertz CT molecular complexity index is 1650. The van der Waals surface area contributed by atoms with E-state index in [-0.39, 0.29) is 37.0 Å². The minimum Gasteiger partial charge on any atom is -0.488 e. The van der Waals surface area contributed by atoms with E-state index in [0.717, 1.165) is 50.5 Å². The van der Waals surface area contributed by atoms with E-state index in [2.05, 4.69) is 31.2 Å². The summed E-state index contributed by atoms with van der Waals surface area (Å²) in [5.41, 5.74) is 0.297. The van der Waals surface area contributed by atoms with Crippen LogP contribution in [0.15, 0.2) is 42.9 Å². The van der Waals surface area contributed by atoms with Gasteiger partial charge in [0.05, 0.1) is 18.8 Å². The molecule has 3 aliphatic rings. The van der Waals surface area contributed by atoms with E-state index in [4.69, 9.17) is 4.74 Å². The first kappa shape index (κ1) is 40.3. The van der Waals surface area contributed by atoms with Gasteiger partial charge in [-0.3, -0.25) is 33.8 Å². The van der Waals surface area contributed by atoms with E-state index in [1.54, 1.807) is 0 Å². The quantitative estimate of drug-likeness (QED) is 0.199. The topological polar surface area (TPSA) is 189 Å². The SMILES string of the molecule is CCC[C@H](NC(=O)[C@@H]1C[C@@H](Oc2ccc(C)cc2)CN1C(=O)[C@@H](NC(=O)[C@@H](NC(=O)c1cnccn1)C1CCCCC1)C(C)(C)C)C(=O)C(=O)NC1CC1. The second-order valence-electron chi connectivity index (χ2n) is 16.0. The van der Waals surface area contributed by atoms with Crippen LogP contribution in [0.2, 0.25) is 0 Å². The van der Waals surface area contributed by atoms with Crippen LogP contribution in [-0.4, -0.2) is 93.0 Å². The van der Waals surface area contributed by atoms with Crippen molar-refractivity contribution in [2.24, 2.45) is 11.3 Å². The maximum atomic E-state index is 14.7. The molecule has 14 nitrogen and oxygen atoms in total. The summed E-state index contributed by atoms with van der Waals surface area (Å²) in [7, 11) is 0. The number of ketones is 1. The van der Waals surface area contributed by atoms with Crippen LogP contribution >= 0.6 is 0 Å². The molecule has 1 saturated heterocycles. The average molecular weight is 746 g/mol. The molecule has 2 aromatic rings. The minimum atomic E-state index is -1.10. The van der Waals surface area contributed by atoms with Gasteiger partial charge in [0, 0.05) is 24.9 Å². The van der Waals surface area contributed by atoms with Gasteiger partial charge in [-0.05, 0) is 62.5 Å². The van der Waals surface area contributed by atoms with Gasteiger partial charge in [0.25, 0.3) is 11.8 Å². The molecule has 5 rings (SSSR count). The average Bonchev–Trinajstić information content (AvgIpc) is 3.88. The molecule has 0 radical (unpaired) electrons. The lowest BCUT2D eigenvalue weighted by molar-refractivity contribution is -0.145. The van der Waals surface area contributed by atoms with Crippen LogP contribution in [-0.2, 0) is 24.0 Å². The summed E-state index contributed by atoms with van der Waals surface area (Å²) in [6.45, 7) is 9.32. The molecule has 292 valence electrons. The van der Waals surface area contributed by atoms with Gasteiger partial charge < -0.3 is 30.9 Å². The molecule has 14 heteroatoms. The summed E-state index contributed by atoms with van der Waals surface area (Å²) in [5, 5.41) is 11.3. The summed E-state index contributed by atoms with van der Waals surface area (Å²) >= 11 is 0. The normalized spacial score (nSPS) is 20.6. The number of hydrogen-bond acceptors (Lipinski definition) is 9. The molecule has 3 fully saturated rings. The molecule has 0 unspecified atom stereocenters. The predicted molar refractivity (Wildman–Crippen MR) is 200 cm³/mol. The molecule has 5 amide bonds. The molecule has 0 spiro atoms.